The van der Waals surface area contributed by atoms with Gasteiger partial charge in [0, 0.05) is 12.6 Å². The van der Waals surface area contributed by atoms with Crippen LogP contribution in [0.25, 0.3) is 0 Å². The van der Waals surface area contributed by atoms with E-state index in [1.54, 1.807) is 12.0 Å². The van der Waals surface area contributed by atoms with E-state index in [0.717, 1.165) is 30.6 Å². The van der Waals surface area contributed by atoms with Crippen molar-refractivity contribution >= 4 is 5.91 Å². The van der Waals surface area contributed by atoms with Gasteiger partial charge in [-0.15, -0.1) is 0 Å². The Morgan fingerprint density at radius 3 is 2.58 bits per heavy atom. The van der Waals surface area contributed by atoms with Gasteiger partial charge in [0.15, 0.2) is 0 Å². The number of rotatable bonds is 4. The maximum absolute atomic E-state index is 12.4. The lowest BCUT2D eigenvalue weighted by Crippen LogP contribution is -2.59. The van der Waals surface area contributed by atoms with Gasteiger partial charge in [0.1, 0.15) is 5.75 Å². The van der Waals surface area contributed by atoms with Crippen molar-refractivity contribution in [3.8, 4) is 5.75 Å². The molecule has 1 fully saturated rings. The van der Waals surface area contributed by atoms with E-state index in [2.05, 4.69) is 0 Å². The number of hydrogen-bond donors (Lipinski definition) is 1. The summed E-state index contributed by atoms with van der Waals surface area (Å²) in [6.45, 7) is 2.00. The van der Waals surface area contributed by atoms with Gasteiger partial charge >= 0.3 is 0 Å². The minimum Gasteiger partial charge on any atom is -0.496 e. The summed E-state index contributed by atoms with van der Waals surface area (Å²) >= 11 is 0. The highest BCUT2D eigenvalue weighted by atomic mass is 16.5. The van der Waals surface area contributed by atoms with E-state index in [4.69, 9.17) is 10.5 Å². The van der Waals surface area contributed by atoms with E-state index in [0.29, 0.717) is 0 Å². The van der Waals surface area contributed by atoms with E-state index in [1.807, 2.05) is 38.2 Å². The number of nitrogens with two attached hydrogens (primary N) is 1. The van der Waals surface area contributed by atoms with Crippen LogP contribution >= 0.6 is 0 Å². The maximum atomic E-state index is 12.4. The molecule has 2 N–H and O–H groups in total. The first-order chi connectivity index (χ1) is 8.99. The van der Waals surface area contributed by atoms with E-state index in [1.165, 1.54) is 0 Å². The lowest BCUT2D eigenvalue weighted by Gasteiger charge is -2.41. The molecule has 4 heteroatoms. The topological polar surface area (TPSA) is 55.6 Å². The number of benzene rings is 1. The summed E-state index contributed by atoms with van der Waals surface area (Å²) < 4.78 is 5.35. The Morgan fingerprint density at radius 1 is 1.42 bits per heavy atom. The van der Waals surface area contributed by atoms with Gasteiger partial charge < -0.3 is 15.4 Å². The van der Waals surface area contributed by atoms with E-state index in [-0.39, 0.29) is 11.9 Å². The number of carbonyl (C=O) groups is 1. The smallest absolute Gasteiger partial charge is 0.242 e. The summed E-state index contributed by atoms with van der Waals surface area (Å²) in [6, 6.07) is 7.72. The summed E-state index contributed by atoms with van der Waals surface area (Å²) in [4.78, 5) is 14.2. The fourth-order valence-electron chi connectivity index (χ4n) is 2.52. The number of likely N-dealkylation sites (N-methyl/N-ethyl adjacent to an activating group) is 1. The van der Waals surface area contributed by atoms with Crippen molar-refractivity contribution < 1.29 is 9.53 Å². The van der Waals surface area contributed by atoms with E-state index in [9.17, 15) is 4.79 Å². The SMILES string of the molecule is COc1ccccc1C(C)N(C)C(=O)C1(N)CCC1. The van der Waals surface area contributed by atoms with Gasteiger partial charge in [0.2, 0.25) is 5.91 Å². The molecular weight excluding hydrogens is 240 g/mol. The van der Waals surface area contributed by atoms with Crippen molar-refractivity contribution in [3.05, 3.63) is 29.8 Å². The second-order valence-corrected chi connectivity index (χ2v) is 5.34. The molecule has 1 unspecified atom stereocenters. The molecule has 1 aliphatic carbocycles. The van der Waals surface area contributed by atoms with E-state index >= 15 is 0 Å². The molecule has 1 saturated carbocycles. The Morgan fingerprint density at radius 2 is 2.05 bits per heavy atom. The Bertz CT molecular complexity index is 469. The molecule has 0 aliphatic heterocycles. The second-order valence-electron chi connectivity index (χ2n) is 5.34. The lowest BCUT2D eigenvalue weighted by molar-refractivity contribution is -0.140. The van der Waals surface area contributed by atoms with Crippen LogP contribution < -0.4 is 10.5 Å². The average Bonchev–Trinajstić information content (AvgIpc) is 2.42. The standard InChI is InChI=1S/C15H22N2O2/c1-11(12-7-4-5-8-13(12)19-3)17(2)14(18)15(16)9-6-10-15/h4-5,7-8,11H,6,9-10,16H2,1-3H3. The fraction of sp³-hybridized carbons (Fsp3) is 0.533. The van der Waals surface area contributed by atoms with Crippen molar-refractivity contribution in [1.82, 2.24) is 4.90 Å². The molecule has 0 aromatic heterocycles. The van der Waals surface area contributed by atoms with Gasteiger partial charge in [0.25, 0.3) is 0 Å². The number of methoxy groups -OCH3 is 1. The highest BCUT2D eigenvalue weighted by Gasteiger charge is 2.43. The first-order valence-electron chi connectivity index (χ1n) is 6.68. The third-order valence-corrected chi connectivity index (χ3v) is 4.16. The molecule has 0 radical (unpaired) electrons. The van der Waals surface area contributed by atoms with Gasteiger partial charge in [-0.05, 0) is 32.3 Å². The van der Waals surface area contributed by atoms with Gasteiger partial charge in [-0.2, -0.15) is 0 Å². The maximum Gasteiger partial charge on any atom is 0.242 e. The predicted molar refractivity (Wildman–Crippen MR) is 74.9 cm³/mol. The summed E-state index contributed by atoms with van der Waals surface area (Å²) in [5.74, 6) is 0.825. The second kappa shape index (κ2) is 5.21. The number of carbonyl (C=O) groups excluding carboxylic acids is 1. The quantitative estimate of drug-likeness (QED) is 0.904. The first-order valence-corrected chi connectivity index (χ1v) is 6.68. The molecule has 1 aromatic rings. The van der Waals surface area contributed by atoms with Gasteiger partial charge in [-0.25, -0.2) is 0 Å². The molecule has 0 heterocycles. The third kappa shape index (κ3) is 2.45. The zero-order chi connectivity index (χ0) is 14.0. The van der Waals surface area contributed by atoms with Crippen LogP contribution in [0.3, 0.4) is 0 Å². The number of amides is 1. The van der Waals surface area contributed by atoms with Crippen LogP contribution in [0.1, 0.15) is 37.8 Å². The molecule has 0 spiro atoms. The zero-order valence-corrected chi connectivity index (χ0v) is 11.8. The Balaban J connectivity index is 2.18. The predicted octanol–water partition coefficient (Wildman–Crippen LogP) is 2.10. The molecule has 1 aliphatic rings. The molecule has 1 amide bonds. The molecule has 1 atom stereocenters. The minimum absolute atomic E-state index is 0.0251. The molecule has 0 bridgehead atoms. The van der Waals surface area contributed by atoms with Crippen molar-refractivity contribution in [2.75, 3.05) is 14.2 Å². The monoisotopic (exact) mass is 262 g/mol. The van der Waals surface area contributed by atoms with Gasteiger partial charge in [0.05, 0.1) is 18.7 Å². The summed E-state index contributed by atoms with van der Waals surface area (Å²) in [7, 11) is 3.45. The third-order valence-electron chi connectivity index (χ3n) is 4.16. The van der Waals surface area contributed by atoms with Gasteiger partial charge in [-0.3, -0.25) is 4.79 Å². The zero-order valence-electron chi connectivity index (χ0n) is 11.8. The molecule has 2 rings (SSSR count). The number of para-hydroxylation sites is 1. The Hall–Kier alpha value is -1.55. The van der Waals surface area contributed by atoms with E-state index < -0.39 is 5.54 Å². The molecule has 19 heavy (non-hydrogen) atoms. The van der Waals surface area contributed by atoms with Crippen LogP contribution in [0.2, 0.25) is 0 Å². The Kier molecular flexibility index (Phi) is 3.80. The Labute approximate surface area is 114 Å². The minimum atomic E-state index is -0.648. The van der Waals surface area contributed by atoms with Gasteiger partial charge in [-0.1, -0.05) is 18.2 Å². The van der Waals surface area contributed by atoms with Crippen LogP contribution in [-0.2, 0) is 4.79 Å². The number of hydrogen-bond acceptors (Lipinski definition) is 3. The molecule has 0 saturated heterocycles. The summed E-state index contributed by atoms with van der Waals surface area (Å²) in [5, 5.41) is 0. The largest absolute Gasteiger partial charge is 0.496 e. The molecule has 4 nitrogen and oxygen atoms in total. The van der Waals surface area contributed by atoms with Crippen molar-refractivity contribution in [2.45, 2.75) is 37.8 Å². The lowest BCUT2D eigenvalue weighted by atomic mass is 9.76. The van der Waals surface area contributed by atoms with Crippen LogP contribution in [0.5, 0.6) is 5.75 Å². The summed E-state index contributed by atoms with van der Waals surface area (Å²) in [6.07, 6.45) is 2.61. The van der Waals surface area contributed by atoms with Crippen LogP contribution in [-0.4, -0.2) is 30.5 Å². The molecule has 1 aromatic carbocycles. The number of nitrogens with zero attached hydrogens (tertiary/aromatic N) is 1. The van der Waals surface area contributed by atoms with Crippen molar-refractivity contribution in [3.63, 3.8) is 0 Å². The highest BCUT2D eigenvalue weighted by molar-refractivity contribution is 5.87. The molecular formula is C15H22N2O2. The highest BCUT2D eigenvalue weighted by Crippen LogP contribution is 2.34. The van der Waals surface area contributed by atoms with Crippen molar-refractivity contribution in [1.29, 1.82) is 0 Å². The van der Waals surface area contributed by atoms with Crippen LogP contribution in [0, 0.1) is 0 Å². The van der Waals surface area contributed by atoms with Crippen molar-refractivity contribution in [2.24, 2.45) is 5.73 Å². The normalized spacial score (nSPS) is 18.3. The first kappa shape index (κ1) is 13.9. The molecule has 104 valence electrons. The van der Waals surface area contributed by atoms with Crippen LogP contribution in [0.4, 0.5) is 0 Å². The number of ether oxygens (including phenoxy) is 1. The van der Waals surface area contributed by atoms with Crippen LogP contribution in [0.15, 0.2) is 24.3 Å². The average molecular weight is 262 g/mol. The fourth-order valence-corrected chi connectivity index (χ4v) is 2.52. The summed E-state index contributed by atoms with van der Waals surface area (Å²) in [5.41, 5.74) is 6.47.